The number of hydrogen-bond acceptors (Lipinski definition) is 5. The number of hydrogen-bond donors (Lipinski definition) is 3. The number of nitrogens with one attached hydrogen (secondary N) is 2. The van der Waals surface area contributed by atoms with E-state index in [2.05, 4.69) is 15.5 Å². The highest BCUT2D eigenvalue weighted by Crippen LogP contribution is 2.26. The van der Waals surface area contributed by atoms with Crippen LogP contribution in [-0.4, -0.2) is 40.5 Å². The zero-order valence-electron chi connectivity index (χ0n) is 14.2. The van der Waals surface area contributed by atoms with Crippen LogP contribution in [-0.2, 0) is 6.61 Å². The van der Waals surface area contributed by atoms with Gasteiger partial charge >= 0.3 is 0 Å². The Hall–Kier alpha value is -2.54. The number of carbonyl (C=O) groups is 1. The van der Waals surface area contributed by atoms with Crippen molar-refractivity contribution in [2.45, 2.75) is 44.4 Å². The second kappa shape index (κ2) is 8.02. The summed E-state index contributed by atoms with van der Waals surface area (Å²) in [5.41, 5.74) is 0.969. The van der Waals surface area contributed by atoms with Crippen LogP contribution in [0.25, 0.3) is 0 Å². The fraction of sp³-hybridized carbons (Fsp3) is 0.444. The summed E-state index contributed by atoms with van der Waals surface area (Å²) in [6.07, 6.45) is 3.05. The molecule has 0 aliphatic heterocycles. The first-order valence-corrected chi connectivity index (χ1v) is 8.46. The smallest absolute Gasteiger partial charge is 0.272 e. The van der Waals surface area contributed by atoms with Crippen molar-refractivity contribution in [3.8, 4) is 11.5 Å². The highest BCUT2D eigenvalue weighted by Gasteiger charge is 2.25. The Kier molecular flexibility index (Phi) is 5.55. The molecule has 3 rings (SSSR count). The first kappa shape index (κ1) is 17.3. The Morgan fingerprint density at radius 2 is 2.08 bits per heavy atom. The summed E-state index contributed by atoms with van der Waals surface area (Å²) in [5, 5.41) is 19.6. The van der Waals surface area contributed by atoms with E-state index in [0.717, 1.165) is 25.7 Å². The number of H-pyrrole nitrogens is 1. The van der Waals surface area contributed by atoms with Gasteiger partial charge in [0.1, 0.15) is 12.3 Å². The molecule has 0 bridgehead atoms. The maximum absolute atomic E-state index is 12.3. The maximum Gasteiger partial charge on any atom is 0.272 e. The van der Waals surface area contributed by atoms with Crippen molar-refractivity contribution in [1.82, 2.24) is 15.5 Å². The molecular weight excluding hydrogens is 322 g/mol. The molecular formula is C18H23N3O4. The highest BCUT2D eigenvalue weighted by atomic mass is 16.5. The number of ether oxygens (including phenoxy) is 2. The number of aliphatic hydroxyl groups excluding tert-OH is 1. The van der Waals surface area contributed by atoms with Crippen LogP contribution in [0, 0.1) is 0 Å². The number of aromatic amines is 1. The number of aromatic nitrogens is 2. The van der Waals surface area contributed by atoms with E-state index >= 15 is 0 Å². The van der Waals surface area contributed by atoms with Gasteiger partial charge in [-0.2, -0.15) is 5.10 Å². The highest BCUT2D eigenvalue weighted by molar-refractivity contribution is 5.92. The molecule has 1 saturated carbocycles. The Morgan fingerprint density at radius 3 is 2.84 bits per heavy atom. The van der Waals surface area contributed by atoms with Gasteiger partial charge < -0.3 is 19.9 Å². The molecule has 2 atom stereocenters. The van der Waals surface area contributed by atoms with Crippen LogP contribution in [0.4, 0.5) is 0 Å². The fourth-order valence-corrected chi connectivity index (χ4v) is 2.97. The standard InChI is InChI=1S/C18H23N3O4/c1-24-16-8-4-5-9-17(16)25-11-12-10-14(21-20-12)18(23)19-13-6-2-3-7-15(13)22/h4-5,8-10,13,15,22H,2-3,6-7,11H2,1H3,(H,19,23)(H,20,21)/t13-,15-/m1/s1. The number of nitrogens with zero attached hydrogens (tertiary/aromatic N) is 1. The third kappa shape index (κ3) is 4.30. The zero-order chi connectivity index (χ0) is 17.6. The molecule has 7 nitrogen and oxygen atoms in total. The second-order valence-corrected chi connectivity index (χ2v) is 6.15. The van der Waals surface area contributed by atoms with Crippen molar-refractivity contribution in [2.75, 3.05) is 7.11 Å². The largest absolute Gasteiger partial charge is 0.493 e. The minimum Gasteiger partial charge on any atom is -0.493 e. The number of benzene rings is 1. The van der Waals surface area contributed by atoms with Gasteiger partial charge in [0.2, 0.25) is 0 Å². The van der Waals surface area contributed by atoms with Gasteiger partial charge in [-0.3, -0.25) is 9.89 Å². The van der Waals surface area contributed by atoms with Gasteiger partial charge in [0.15, 0.2) is 11.5 Å². The van der Waals surface area contributed by atoms with Gasteiger partial charge in [-0.15, -0.1) is 0 Å². The Labute approximate surface area is 146 Å². The number of aliphatic hydroxyl groups is 1. The summed E-state index contributed by atoms with van der Waals surface area (Å²) in [5.74, 6) is 0.980. The van der Waals surface area contributed by atoms with Crippen molar-refractivity contribution in [3.63, 3.8) is 0 Å². The molecule has 1 aromatic carbocycles. The van der Waals surface area contributed by atoms with Gasteiger partial charge in [-0.1, -0.05) is 25.0 Å². The second-order valence-electron chi connectivity index (χ2n) is 6.15. The molecule has 0 radical (unpaired) electrons. The number of amides is 1. The average molecular weight is 345 g/mol. The van der Waals surface area contributed by atoms with E-state index in [1.165, 1.54) is 0 Å². The fourth-order valence-electron chi connectivity index (χ4n) is 2.97. The summed E-state index contributed by atoms with van der Waals surface area (Å²) in [4.78, 5) is 12.3. The van der Waals surface area contributed by atoms with Crippen LogP contribution >= 0.6 is 0 Å². The molecule has 0 unspecified atom stereocenters. The monoisotopic (exact) mass is 345 g/mol. The molecule has 1 heterocycles. The number of para-hydroxylation sites is 2. The summed E-state index contributed by atoms with van der Waals surface area (Å²) in [6.45, 7) is 0.243. The van der Waals surface area contributed by atoms with Gasteiger partial charge in [0, 0.05) is 0 Å². The number of carbonyl (C=O) groups excluding carboxylic acids is 1. The van der Waals surface area contributed by atoms with Crippen molar-refractivity contribution in [2.24, 2.45) is 0 Å². The van der Waals surface area contributed by atoms with Crippen LogP contribution in [0.2, 0.25) is 0 Å². The molecule has 3 N–H and O–H groups in total. The van der Waals surface area contributed by atoms with E-state index in [0.29, 0.717) is 17.2 Å². The zero-order valence-corrected chi connectivity index (χ0v) is 14.2. The van der Waals surface area contributed by atoms with Gasteiger partial charge in [-0.25, -0.2) is 0 Å². The molecule has 1 fully saturated rings. The summed E-state index contributed by atoms with van der Waals surface area (Å²) < 4.78 is 10.9. The predicted molar refractivity (Wildman–Crippen MR) is 91.6 cm³/mol. The molecule has 7 heteroatoms. The molecule has 2 aromatic rings. The predicted octanol–water partition coefficient (Wildman–Crippen LogP) is 2.03. The minimum atomic E-state index is -0.481. The van der Waals surface area contributed by atoms with E-state index < -0.39 is 6.10 Å². The Balaban J connectivity index is 1.57. The lowest BCUT2D eigenvalue weighted by atomic mass is 9.92. The van der Waals surface area contributed by atoms with Crippen LogP contribution < -0.4 is 14.8 Å². The van der Waals surface area contributed by atoms with Crippen molar-refractivity contribution < 1.29 is 19.4 Å². The minimum absolute atomic E-state index is 0.203. The Bertz CT molecular complexity index is 716. The molecule has 0 spiro atoms. The van der Waals surface area contributed by atoms with E-state index in [1.807, 2.05) is 24.3 Å². The normalized spacial score (nSPS) is 20.1. The van der Waals surface area contributed by atoms with Crippen molar-refractivity contribution in [3.05, 3.63) is 41.7 Å². The lowest BCUT2D eigenvalue weighted by molar-refractivity contribution is 0.0713. The molecule has 134 valence electrons. The van der Waals surface area contributed by atoms with Crippen LogP contribution in [0.5, 0.6) is 11.5 Å². The van der Waals surface area contributed by atoms with Crippen molar-refractivity contribution >= 4 is 5.91 Å². The summed E-state index contributed by atoms with van der Waals surface area (Å²) >= 11 is 0. The number of rotatable bonds is 6. The van der Waals surface area contributed by atoms with Crippen LogP contribution in [0.3, 0.4) is 0 Å². The molecule has 1 aliphatic carbocycles. The lowest BCUT2D eigenvalue weighted by Gasteiger charge is -2.27. The van der Waals surface area contributed by atoms with Crippen LogP contribution in [0.1, 0.15) is 41.9 Å². The first-order chi connectivity index (χ1) is 12.2. The third-order valence-electron chi connectivity index (χ3n) is 4.36. The van der Waals surface area contributed by atoms with Gasteiger partial charge in [0.25, 0.3) is 5.91 Å². The molecule has 1 amide bonds. The van der Waals surface area contributed by atoms with Gasteiger partial charge in [-0.05, 0) is 31.0 Å². The SMILES string of the molecule is COc1ccccc1OCc1cc(C(=O)N[C@@H]2CCCC[C@H]2O)n[nH]1. The lowest BCUT2D eigenvalue weighted by Crippen LogP contribution is -2.45. The number of methoxy groups -OCH3 is 1. The molecule has 0 saturated heterocycles. The van der Waals surface area contributed by atoms with E-state index in [9.17, 15) is 9.90 Å². The van der Waals surface area contributed by atoms with Crippen LogP contribution in [0.15, 0.2) is 30.3 Å². The van der Waals surface area contributed by atoms with E-state index in [4.69, 9.17) is 9.47 Å². The average Bonchev–Trinajstić information content (AvgIpc) is 3.11. The van der Waals surface area contributed by atoms with E-state index in [-0.39, 0.29) is 24.2 Å². The first-order valence-electron chi connectivity index (χ1n) is 8.46. The quantitative estimate of drug-likeness (QED) is 0.744. The third-order valence-corrected chi connectivity index (χ3v) is 4.36. The maximum atomic E-state index is 12.3. The molecule has 1 aromatic heterocycles. The summed E-state index contributed by atoms with van der Waals surface area (Å²) in [6, 6.07) is 8.80. The topological polar surface area (TPSA) is 96.5 Å². The summed E-state index contributed by atoms with van der Waals surface area (Å²) in [7, 11) is 1.58. The Morgan fingerprint density at radius 1 is 1.32 bits per heavy atom. The van der Waals surface area contributed by atoms with E-state index in [1.54, 1.807) is 13.2 Å². The molecule has 25 heavy (non-hydrogen) atoms. The van der Waals surface area contributed by atoms with Gasteiger partial charge in [0.05, 0.1) is 24.9 Å². The van der Waals surface area contributed by atoms with Crippen molar-refractivity contribution in [1.29, 1.82) is 0 Å². The molecule has 1 aliphatic rings.